The molecule has 2 aromatic rings. The number of aliphatic hydroxyl groups excluding tert-OH is 1. The summed E-state index contributed by atoms with van der Waals surface area (Å²) in [5, 5.41) is 10.4. The Hall–Kier alpha value is -2.47. The van der Waals surface area contributed by atoms with Crippen molar-refractivity contribution in [2.24, 2.45) is 7.05 Å². The first-order valence-corrected chi connectivity index (χ1v) is 7.87. The molecule has 0 spiro atoms. The minimum absolute atomic E-state index is 0.0802. The predicted octanol–water partition coefficient (Wildman–Crippen LogP) is 1.86. The number of aryl methyl sites for hydroxylation is 1. The van der Waals surface area contributed by atoms with Gasteiger partial charge < -0.3 is 14.6 Å². The Morgan fingerprint density at radius 1 is 1.33 bits per heavy atom. The van der Waals surface area contributed by atoms with E-state index in [1.54, 1.807) is 24.2 Å². The van der Waals surface area contributed by atoms with E-state index in [4.69, 9.17) is 0 Å². The molecular weight excluding hydrogens is 311 g/mol. The molecule has 3 rings (SSSR count). The van der Waals surface area contributed by atoms with Crippen molar-refractivity contribution in [3.63, 3.8) is 0 Å². The Morgan fingerprint density at radius 2 is 2.00 bits per heavy atom. The van der Waals surface area contributed by atoms with E-state index in [2.05, 4.69) is 0 Å². The monoisotopic (exact) mass is 330 g/mol. The molecule has 0 aliphatic heterocycles. The fourth-order valence-electron chi connectivity index (χ4n) is 2.61. The molecule has 5 nitrogen and oxygen atoms in total. The third-order valence-electron chi connectivity index (χ3n) is 4.22. The second kappa shape index (κ2) is 6.57. The molecule has 1 amide bonds. The summed E-state index contributed by atoms with van der Waals surface area (Å²) in [6.45, 7) is 0.115. The average molecular weight is 330 g/mol. The van der Waals surface area contributed by atoms with Crippen molar-refractivity contribution in [2.45, 2.75) is 25.0 Å². The molecule has 126 valence electrons. The molecular formula is C18H19FN2O3. The van der Waals surface area contributed by atoms with Crippen molar-refractivity contribution in [2.75, 3.05) is 6.54 Å². The molecule has 1 saturated carbocycles. The molecule has 0 bridgehead atoms. The Bertz CT molecular complexity index is 797. The zero-order chi connectivity index (χ0) is 17.3. The topological polar surface area (TPSA) is 62.5 Å². The number of benzene rings is 1. The van der Waals surface area contributed by atoms with Crippen molar-refractivity contribution in [1.29, 1.82) is 0 Å². The average Bonchev–Trinajstić information content (AvgIpc) is 3.40. The smallest absolute Gasteiger partial charge is 0.254 e. The van der Waals surface area contributed by atoms with Gasteiger partial charge >= 0.3 is 0 Å². The highest BCUT2D eigenvalue weighted by Crippen LogP contribution is 2.30. The highest BCUT2D eigenvalue weighted by atomic mass is 19.1. The predicted molar refractivity (Wildman–Crippen MR) is 87.1 cm³/mol. The van der Waals surface area contributed by atoms with Gasteiger partial charge in [-0.05, 0) is 36.6 Å². The minimum Gasteiger partial charge on any atom is -0.387 e. The summed E-state index contributed by atoms with van der Waals surface area (Å²) in [4.78, 5) is 26.1. The van der Waals surface area contributed by atoms with Crippen LogP contribution in [-0.4, -0.2) is 33.1 Å². The Labute approximate surface area is 139 Å². The van der Waals surface area contributed by atoms with Crippen LogP contribution in [0.5, 0.6) is 0 Å². The minimum atomic E-state index is -0.901. The molecule has 1 aromatic carbocycles. The first-order chi connectivity index (χ1) is 11.5. The normalized spacial score (nSPS) is 15.1. The molecule has 24 heavy (non-hydrogen) atoms. The van der Waals surface area contributed by atoms with Crippen LogP contribution in [-0.2, 0) is 7.05 Å². The molecule has 0 radical (unpaired) electrons. The summed E-state index contributed by atoms with van der Waals surface area (Å²) in [6, 6.07) is 8.56. The number of pyridine rings is 1. The van der Waals surface area contributed by atoms with E-state index in [1.807, 2.05) is 0 Å². The van der Waals surface area contributed by atoms with E-state index in [1.165, 1.54) is 34.9 Å². The van der Waals surface area contributed by atoms with Crippen molar-refractivity contribution >= 4 is 5.91 Å². The van der Waals surface area contributed by atoms with Crippen LogP contribution >= 0.6 is 0 Å². The number of nitrogens with zero attached hydrogens (tertiary/aromatic N) is 2. The highest BCUT2D eigenvalue weighted by molar-refractivity contribution is 5.94. The summed E-state index contributed by atoms with van der Waals surface area (Å²) < 4.78 is 14.4. The maximum atomic E-state index is 13.0. The molecule has 1 fully saturated rings. The summed E-state index contributed by atoms with van der Waals surface area (Å²) in [7, 11) is 1.62. The van der Waals surface area contributed by atoms with Crippen LogP contribution in [0.2, 0.25) is 0 Å². The first kappa shape index (κ1) is 16.4. The standard InChI is InChI=1S/C18H19FN2O3/c1-20-9-8-13(10-17(20)23)18(24)21(15-6-7-15)11-16(22)12-2-4-14(19)5-3-12/h2-5,8-10,15-16,22H,6-7,11H2,1H3. The number of amides is 1. The number of rotatable bonds is 5. The number of halogens is 1. The van der Waals surface area contributed by atoms with E-state index in [-0.39, 0.29) is 29.9 Å². The SMILES string of the molecule is Cn1ccc(C(=O)N(CC(O)c2ccc(F)cc2)C2CC2)cc1=O. The lowest BCUT2D eigenvalue weighted by atomic mass is 10.1. The van der Waals surface area contributed by atoms with E-state index in [0.717, 1.165) is 12.8 Å². The van der Waals surface area contributed by atoms with Crippen molar-refractivity contribution in [1.82, 2.24) is 9.47 Å². The van der Waals surface area contributed by atoms with Crippen LogP contribution in [0.4, 0.5) is 4.39 Å². The van der Waals surface area contributed by atoms with Crippen LogP contribution < -0.4 is 5.56 Å². The Balaban J connectivity index is 1.79. The van der Waals surface area contributed by atoms with Crippen molar-refractivity contribution in [3.8, 4) is 0 Å². The molecule has 1 aliphatic carbocycles. The zero-order valence-electron chi connectivity index (χ0n) is 13.4. The number of carbonyl (C=O) groups excluding carboxylic acids is 1. The van der Waals surface area contributed by atoms with Crippen LogP contribution in [0.15, 0.2) is 47.4 Å². The van der Waals surface area contributed by atoms with Crippen LogP contribution in [0.25, 0.3) is 0 Å². The molecule has 1 aromatic heterocycles. The second-order valence-electron chi connectivity index (χ2n) is 6.12. The van der Waals surface area contributed by atoms with Crippen molar-refractivity contribution in [3.05, 3.63) is 69.9 Å². The summed E-state index contributed by atoms with van der Waals surface area (Å²) in [5.41, 5.74) is 0.616. The number of hydrogen-bond donors (Lipinski definition) is 1. The second-order valence-corrected chi connectivity index (χ2v) is 6.12. The van der Waals surface area contributed by atoms with Gasteiger partial charge in [-0.25, -0.2) is 4.39 Å². The van der Waals surface area contributed by atoms with E-state index in [9.17, 15) is 19.1 Å². The lowest BCUT2D eigenvalue weighted by molar-refractivity contribution is 0.0603. The molecule has 1 aliphatic rings. The highest BCUT2D eigenvalue weighted by Gasteiger charge is 2.34. The van der Waals surface area contributed by atoms with E-state index >= 15 is 0 Å². The van der Waals surface area contributed by atoms with E-state index in [0.29, 0.717) is 11.1 Å². The largest absolute Gasteiger partial charge is 0.387 e. The fraction of sp³-hybridized carbons (Fsp3) is 0.333. The fourth-order valence-corrected chi connectivity index (χ4v) is 2.61. The lowest BCUT2D eigenvalue weighted by Crippen LogP contribution is -2.37. The van der Waals surface area contributed by atoms with Gasteiger partial charge in [0.15, 0.2) is 0 Å². The molecule has 1 atom stereocenters. The summed E-state index contributed by atoms with van der Waals surface area (Å²) in [5.74, 6) is -0.641. The van der Waals surface area contributed by atoms with Gasteiger partial charge in [-0.3, -0.25) is 9.59 Å². The van der Waals surface area contributed by atoms with Gasteiger partial charge in [-0.1, -0.05) is 12.1 Å². The lowest BCUT2D eigenvalue weighted by Gasteiger charge is -2.25. The van der Waals surface area contributed by atoms with E-state index < -0.39 is 6.10 Å². The Kier molecular flexibility index (Phi) is 4.49. The molecule has 1 heterocycles. The van der Waals surface area contributed by atoms with Crippen molar-refractivity contribution < 1.29 is 14.3 Å². The van der Waals surface area contributed by atoms with Gasteiger partial charge in [0.25, 0.3) is 11.5 Å². The number of aromatic nitrogens is 1. The first-order valence-electron chi connectivity index (χ1n) is 7.87. The number of hydrogen-bond acceptors (Lipinski definition) is 3. The zero-order valence-corrected chi connectivity index (χ0v) is 13.4. The molecule has 1 N–H and O–H groups in total. The summed E-state index contributed by atoms with van der Waals surface area (Å²) >= 11 is 0. The molecule has 0 saturated heterocycles. The third kappa shape index (κ3) is 3.54. The maximum absolute atomic E-state index is 13.0. The van der Waals surface area contributed by atoms with Gasteiger partial charge in [0.1, 0.15) is 5.82 Å². The van der Waals surface area contributed by atoms with Gasteiger partial charge in [-0.2, -0.15) is 0 Å². The molecule has 1 unspecified atom stereocenters. The van der Waals surface area contributed by atoms with Gasteiger partial charge in [0, 0.05) is 30.9 Å². The molecule has 6 heteroatoms. The van der Waals surface area contributed by atoms with Crippen LogP contribution in [0, 0.1) is 5.82 Å². The number of aliphatic hydroxyl groups is 1. The van der Waals surface area contributed by atoms with Gasteiger partial charge in [0.05, 0.1) is 12.6 Å². The maximum Gasteiger partial charge on any atom is 0.254 e. The number of carbonyl (C=O) groups is 1. The van der Waals surface area contributed by atoms with Crippen LogP contribution in [0.3, 0.4) is 0 Å². The van der Waals surface area contributed by atoms with Gasteiger partial charge in [0.2, 0.25) is 0 Å². The van der Waals surface area contributed by atoms with Crippen LogP contribution in [0.1, 0.15) is 34.9 Å². The third-order valence-corrected chi connectivity index (χ3v) is 4.22. The van der Waals surface area contributed by atoms with Gasteiger partial charge in [-0.15, -0.1) is 0 Å². The quantitative estimate of drug-likeness (QED) is 0.910. The Morgan fingerprint density at radius 3 is 2.58 bits per heavy atom. The summed E-state index contributed by atoms with van der Waals surface area (Å²) in [6.07, 6.45) is 2.41.